The molecule has 0 radical (unpaired) electrons. The molecule has 0 fully saturated rings. The standard InChI is InChI=1S/C15H20N4O2/c1-12(20)8-11-18(2)15(21)17-13-6-3-4-7-14(13)19-10-5-9-16-19/h3-7,9-10,12,20H,8,11H2,1-2H3,(H,17,21). The Hall–Kier alpha value is -2.34. The minimum Gasteiger partial charge on any atom is -0.393 e. The van der Waals surface area contributed by atoms with Crippen molar-refractivity contribution in [2.75, 3.05) is 18.9 Å². The van der Waals surface area contributed by atoms with E-state index in [0.29, 0.717) is 18.7 Å². The molecule has 1 unspecified atom stereocenters. The second-order valence-electron chi connectivity index (χ2n) is 4.96. The summed E-state index contributed by atoms with van der Waals surface area (Å²) in [5.74, 6) is 0. The highest BCUT2D eigenvalue weighted by molar-refractivity contribution is 5.91. The first-order chi connectivity index (χ1) is 10.1. The van der Waals surface area contributed by atoms with Crippen molar-refractivity contribution in [2.24, 2.45) is 0 Å². The Bertz CT molecular complexity index is 581. The van der Waals surface area contributed by atoms with Gasteiger partial charge in [-0.05, 0) is 31.5 Å². The van der Waals surface area contributed by atoms with Crippen molar-refractivity contribution in [1.29, 1.82) is 0 Å². The van der Waals surface area contributed by atoms with Crippen LogP contribution < -0.4 is 5.32 Å². The summed E-state index contributed by atoms with van der Waals surface area (Å²) in [7, 11) is 1.70. The number of urea groups is 1. The van der Waals surface area contributed by atoms with E-state index >= 15 is 0 Å². The van der Waals surface area contributed by atoms with Crippen LogP contribution in [0.2, 0.25) is 0 Å². The van der Waals surface area contributed by atoms with Crippen molar-refractivity contribution in [3.63, 3.8) is 0 Å². The van der Waals surface area contributed by atoms with E-state index in [0.717, 1.165) is 5.69 Å². The summed E-state index contributed by atoms with van der Waals surface area (Å²) in [6.45, 7) is 2.20. The molecular formula is C15H20N4O2. The highest BCUT2D eigenvalue weighted by Gasteiger charge is 2.12. The SMILES string of the molecule is CC(O)CCN(C)C(=O)Nc1ccccc1-n1cccn1. The summed E-state index contributed by atoms with van der Waals surface area (Å²) < 4.78 is 1.70. The molecule has 0 aliphatic heterocycles. The Morgan fingerprint density at radius 3 is 2.86 bits per heavy atom. The predicted molar refractivity (Wildman–Crippen MR) is 81.5 cm³/mol. The van der Waals surface area contributed by atoms with Crippen LogP contribution in [0, 0.1) is 0 Å². The van der Waals surface area contributed by atoms with Crippen LogP contribution in [0.5, 0.6) is 0 Å². The van der Waals surface area contributed by atoms with Gasteiger partial charge in [-0.15, -0.1) is 0 Å². The molecule has 0 saturated heterocycles. The van der Waals surface area contributed by atoms with E-state index in [-0.39, 0.29) is 6.03 Å². The number of para-hydroxylation sites is 2. The number of amides is 2. The Morgan fingerprint density at radius 1 is 1.43 bits per heavy atom. The lowest BCUT2D eigenvalue weighted by Crippen LogP contribution is -2.33. The lowest BCUT2D eigenvalue weighted by atomic mass is 10.2. The van der Waals surface area contributed by atoms with Crippen LogP contribution in [0.25, 0.3) is 5.69 Å². The average molecular weight is 288 g/mol. The Kier molecular flexibility index (Phi) is 4.94. The third-order valence-corrected chi connectivity index (χ3v) is 3.13. The Morgan fingerprint density at radius 2 is 2.19 bits per heavy atom. The van der Waals surface area contributed by atoms with E-state index < -0.39 is 6.10 Å². The van der Waals surface area contributed by atoms with Gasteiger partial charge in [0.2, 0.25) is 0 Å². The van der Waals surface area contributed by atoms with Gasteiger partial charge in [-0.2, -0.15) is 5.10 Å². The van der Waals surface area contributed by atoms with Crippen molar-refractivity contribution in [3.8, 4) is 5.69 Å². The van der Waals surface area contributed by atoms with E-state index in [2.05, 4.69) is 10.4 Å². The largest absolute Gasteiger partial charge is 0.393 e. The second kappa shape index (κ2) is 6.90. The maximum atomic E-state index is 12.2. The van der Waals surface area contributed by atoms with Crippen LogP contribution in [-0.4, -0.2) is 45.5 Å². The van der Waals surface area contributed by atoms with Gasteiger partial charge in [0, 0.05) is 26.0 Å². The number of aliphatic hydroxyl groups is 1. The highest BCUT2D eigenvalue weighted by Crippen LogP contribution is 2.19. The van der Waals surface area contributed by atoms with Crippen LogP contribution in [-0.2, 0) is 0 Å². The lowest BCUT2D eigenvalue weighted by Gasteiger charge is -2.19. The van der Waals surface area contributed by atoms with E-state index in [9.17, 15) is 9.90 Å². The Labute approximate surface area is 124 Å². The molecule has 1 aromatic carbocycles. The first-order valence-electron chi connectivity index (χ1n) is 6.87. The molecule has 0 aliphatic carbocycles. The normalized spacial score (nSPS) is 12.0. The van der Waals surface area contributed by atoms with Gasteiger partial charge in [-0.1, -0.05) is 12.1 Å². The quantitative estimate of drug-likeness (QED) is 0.885. The molecule has 2 rings (SSSR count). The van der Waals surface area contributed by atoms with Gasteiger partial charge in [0.05, 0.1) is 17.5 Å². The summed E-state index contributed by atoms with van der Waals surface area (Å²) in [5.41, 5.74) is 1.50. The van der Waals surface area contributed by atoms with Gasteiger partial charge < -0.3 is 15.3 Å². The number of aliphatic hydroxyl groups excluding tert-OH is 1. The molecule has 2 aromatic rings. The van der Waals surface area contributed by atoms with Gasteiger partial charge in [-0.25, -0.2) is 9.48 Å². The topological polar surface area (TPSA) is 70.4 Å². The molecule has 1 aromatic heterocycles. The molecular weight excluding hydrogens is 268 g/mol. The zero-order chi connectivity index (χ0) is 15.2. The van der Waals surface area contributed by atoms with Crippen molar-refractivity contribution in [2.45, 2.75) is 19.4 Å². The number of carbonyl (C=O) groups excluding carboxylic acids is 1. The van der Waals surface area contributed by atoms with Crippen molar-refractivity contribution in [1.82, 2.24) is 14.7 Å². The summed E-state index contributed by atoms with van der Waals surface area (Å²) in [4.78, 5) is 13.7. The second-order valence-corrected chi connectivity index (χ2v) is 4.96. The van der Waals surface area contributed by atoms with Crippen molar-refractivity contribution in [3.05, 3.63) is 42.7 Å². The third kappa shape index (κ3) is 4.06. The molecule has 0 bridgehead atoms. The molecule has 6 heteroatoms. The fraction of sp³-hybridized carbons (Fsp3) is 0.333. The molecule has 6 nitrogen and oxygen atoms in total. The van der Waals surface area contributed by atoms with Crippen LogP contribution in [0.15, 0.2) is 42.7 Å². The van der Waals surface area contributed by atoms with Crippen molar-refractivity contribution >= 4 is 11.7 Å². The van der Waals surface area contributed by atoms with E-state index in [1.807, 2.05) is 36.5 Å². The molecule has 21 heavy (non-hydrogen) atoms. The number of nitrogens with one attached hydrogen (secondary N) is 1. The number of benzene rings is 1. The minimum atomic E-state index is -0.420. The zero-order valence-corrected chi connectivity index (χ0v) is 12.2. The van der Waals surface area contributed by atoms with Crippen LogP contribution in [0.1, 0.15) is 13.3 Å². The van der Waals surface area contributed by atoms with Gasteiger partial charge >= 0.3 is 6.03 Å². The number of hydrogen-bond acceptors (Lipinski definition) is 3. The molecule has 0 aliphatic rings. The fourth-order valence-corrected chi connectivity index (χ4v) is 1.88. The molecule has 2 amide bonds. The predicted octanol–water partition coefficient (Wildman–Crippen LogP) is 2.11. The van der Waals surface area contributed by atoms with Gasteiger partial charge in [-0.3, -0.25) is 0 Å². The van der Waals surface area contributed by atoms with Gasteiger partial charge in [0.1, 0.15) is 0 Å². The summed E-state index contributed by atoms with van der Waals surface area (Å²) in [6, 6.07) is 9.08. The lowest BCUT2D eigenvalue weighted by molar-refractivity contribution is 0.167. The molecule has 0 spiro atoms. The smallest absolute Gasteiger partial charge is 0.321 e. The molecule has 2 N–H and O–H groups in total. The maximum absolute atomic E-state index is 12.2. The molecule has 112 valence electrons. The van der Waals surface area contributed by atoms with Gasteiger partial charge in [0.15, 0.2) is 0 Å². The third-order valence-electron chi connectivity index (χ3n) is 3.13. The maximum Gasteiger partial charge on any atom is 0.321 e. The molecule has 1 heterocycles. The average Bonchev–Trinajstić information content (AvgIpc) is 2.99. The fourth-order valence-electron chi connectivity index (χ4n) is 1.88. The van der Waals surface area contributed by atoms with Crippen molar-refractivity contribution < 1.29 is 9.90 Å². The number of rotatable bonds is 5. The number of anilines is 1. The first kappa shape index (κ1) is 15.1. The minimum absolute atomic E-state index is 0.213. The highest BCUT2D eigenvalue weighted by atomic mass is 16.3. The Balaban J connectivity index is 2.08. The number of nitrogens with zero attached hydrogens (tertiary/aromatic N) is 3. The van der Waals surface area contributed by atoms with E-state index in [1.165, 1.54) is 0 Å². The number of aromatic nitrogens is 2. The summed E-state index contributed by atoms with van der Waals surface area (Å²) in [6.07, 6.45) is 3.64. The van der Waals surface area contributed by atoms with Crippen LogP contribution >= 0.6 is 0 Å². The number of carbonyl (C=O) groups is 1. The number of hydrogen-bond donors (Lipinski definition) is 2. The summed E-state index contributed by atoms with van der Waals surface area (Å²) in [5, 5.41) is 16.3. The van der Waals surface area contributed by atoms with Gasteiger partial charge in [0.25, 0.3) is 0 Å². The first-order valence-corrected chi connectivity index (χ1v) is 6.87. The zero-order valence-electron chi connectivity index (χ0n) is 12.2. The molecule has 0 saturated carbocycles. The molecule has 1 atom stereocenters. The van der Waals surface area contributed by atoms with Crippen LogP contribution in [0.4, 0.5) is 10.5 Å². The van der Waals surface area contributed by atoms with E-state index in [4.69, 9.17) is 0 Å². The monoisotopic (exact) mass is 288 g/mol. The summed E-state index contributed by atoms with van der Waals surface area (Å²) >= 11 is 0. The van der Waals surface area contributed by atoms with E-state index in [1.54, 1.807) is 29.7 Å². The van der Waals surface area contributed by atoms with Crippen LogP contribution in [0.3, 0.4) is 0 Å².